The fourth-order valence-corrected chi connectivity index (χ4v) is 2.56. The van der Waals surface area contributed by atoms with Gasteiger partial charge in [-0.3, -0.25) is 0 Å². The van der Waals surface area contributed by atoms with E-state index in [9.17, 15) is 9.59 Å². The number of benzene rings is 1. The van der Waals surface area contributed by atoms with Gasteiger partial charge in [0.1, 0.15) is 6.04 Å². The number of aliphatic carboxylic acids is 1. The minimum absolute atomic E-state index is 0.423. The molecule has 7 heteroatoms. The molecule has 0 spiro atoms. The van der Waals surface area contributed by atoms with Gasteiger partial charge in [-0.15, -0.1) is 0 Å². The Morgan fingerprint density at radius 3 is 2.89 bits per heavy atom. The number of nitrogens with one attached hydrogen (secondary N) is 1. The Bertz CT molecular complexity index is 524. The van der Waals surface area contributed by atoms with Crippen molar-refractivity contribution >= 4 is 45.2 Å². The first-order valence-corrected chi connectivity index (χ1v) is 6.91. The zero-order chi connectivity index (χ0) is 14.0. The van der Waals surface area contributed by atoms with Crippen molar-refractivity contribution in [3.05, 3.63) is 27.7 Å². The van der Waals surface area contributed by atoms with E-state index in [0.29, 0.717) is 34.6 Å². The minimum atomic E-state index is -0.974. The molecule has 2 rings (SSSR count). The second kappa shape index (κ2) is 5.79. The normalized spacial score (nSPS) is 18.4. The van der Waals surface area contributed by atoms with Gasteiger partial charge in [0.05, 0.1) is 5.69 Å². The van der Waals surface area contributed by atoms with Crippen LogP contribution in [0.4, 0.5) is 10.5 Å². The van der Waals surface area contributed by atoms with Gasteiger partial charge in [-0.1, -0.05) is 11.6 Å². The Balaban J connectivity index is 2.12. The van der Waals surface area contributed by atoms with Crippen LogP contribution in [0.25, 0.3) is 0 Å². The second-order valence-electron chi connectivity index (χ2n) is 4.24. The molecule has 0 aromatic heterocycles. The van der Waals surface area contributed by atoms with Crippen LogP contribution < -0.4 is 5.32 Å². The number of hydrogen-bond acceptors (Lipinski definition) is 2. The van der Waals surface area contributed by atoms with E-state index in [-0.39, 0.29) is 0 Å². The molecular formula is C12H12BrClN2O3. The van der Waals surface area contributed by atoms with E-state index in [1.54, 1.807) is 18.2 Å². The first-order valence-electron chi connectivity index (χ1n) is 5.74. The van der Waals surface area contributed by atoms with Gasteiger partial charge >= 0.3 is 12.0 Å². The number of carbonyl (C=O) groups is 2. The molecule has 1 atom stereocenters. The number of amides is 2. The predicted molar refractivity (Wildman–Crippen MR) is 75.5 cm³/mol. The fourth-order valence-electron chi connectivity index (χ4n) is 2.05. The molecule has 0 radical (unpaired) electrons. The third-order valence-corrected chi connectivity index (χ3v) is 3.90. The maximum Gasteiger partial charge on any atom is 0.326 e. The maximum atomic E-state index is 12.1. The first-order chi connectivity index (χ1) is 8.99. The number of carboxylic acid groups (broad SMARTS) is 1. The van der Waals surface area contributed by atoms with E-state index in [4.69, 9.17) is 16.7 Å². The van der Waals surface area contributed by atoms with Crippen LogP contribution in [-0.2, 0) is 4.79 Å². The number of nitrogens with zero attached hydrogens (tertiary/aromatic N) is 1. The van der Waals surface area contributed by atoms with Crippen molar-refractivity contribution in [1.82, 2.24) is 4.90 Å². The molecular weight excluding hydrogens is 336 g/mol. The summed E-state index contributed by atoms with van der Waals surface area (Å²) in [6.07, 6.45) is 1.18. The highest BCUT2D eigenvalue weighted by Crippen LogP contribution is 2.27. The lowest BCUT2D eigenvalue weighted by atomic mass is 10.2. The largest absolute Gasteiger partial charge is 0.480 e. The third kappa shape index (κ3) is 3.19. The molecule has 1 saturated heterocycles. The Labute approximate surface area is 123 Å². The van der Waals surface area contributed by atoms with Gasteiger partial charge in [0.2, 0.25) is 0 Å². The molecule has 0 saturated carbocycles. The highest BCUT2D eigenvalue weighted by molar-refractivity contribution is 9.10. The summed E-state index contributed by atoms with van der Waals surface area (Å²) in [7, 11) is 0. The number of halogens is 2. The molecule has 0 bridgehead atoms. The van der Waals surface area contributed by atoms with Crippen molar-refractivity contribution in [3.8, 4) is 0 Å². The summed E-state index contributed by atoms with van der Waals surface area (Å²) in [4.78, 5) is 24.4. The average molecular weight is 348 g/mol. The van der Waals surface area contributed by atoms with Crippen LogP contribution in [0, 0.1) is 0 Å². The highest BCUT2D eigenvalue weighted by atomic mass is 79.9. The first kappa shape index (κ1) is 14.1. The van der Waals surface area contributed by atoms with Gasteiger partial charge in [-0.25, -0.2) is 9.59 Å². The molecule has 19 heavy (non-hydrogen) atoms. The van der Waals surface area contributed by atoms with E-state index in [0.717, 1.165) is 0 Å². The summed E-state index contributed by atoms with van der Waals surface area (Å²) in [5, 5.41) is 12.2. The quantitative estimate of drug-likeness (QED) is 0.863. The van der Waals surface area contributed by atoms with Gasteiger partial charge < -0.3 is 15.3 Å². The number of hydrogen-bond donors (Lipinski definition) is 2. The van der Waals surface area contributed by atoms with Crippen molar-refractivity contribution in [2.75, 3.05) is 11.9 Å². The van der Waals surface area contributed by atoms with E-state index in [1.807, 2.05) is 0 Å². The average Bonchev–Trinajstić information content (AvgIpc) is 2.83. The summed E-state index contributed by atoms with van der Waals surface area (Å²) in [6, 6.07) is 3.84. The van der Waals surface area contributed by atoms with Gasteiger partial charge in [0.15, 0.2) is 0 Å². The predicted octanol–water partition coefficient (Wildman–Crippen LogP) is 3.18. The van der Waals surface area contributed by atoms with Gasteiger partial charge in [0, 0.05) is 16.0 Å². The zero-order valence-corrected chi connectivity index (χ0v) is 12.2. The Morgan fingerprint density at radius 1 is 1.47 bits per heavy atom. The molecule has 1 fully saturated rings. The molecule has 2 N–H and O–H groups in total. The maximum absolute atomic E-state index is 12.1. The van der Waals surface area contributed by atoms with Crippen LogP contribution in [0.2, 0.25) is 5.02 Å². The second-order valence-corrected chi connectivity index (χ2v) is 5.53. The molecule has 2 amide bonds. The van der Waals surface area contributed by atoms with Crippen LogP contribution in [0.3, 0.4) is 0 Å². The van der Waals surface area contributed by atoms with Crippen LogP contribution in [0.5, 0.6) is 0 Å². The summed E-state index contributed by atoms with van der Waals surface area (Å²) < 4.78 is 0.691. The van der Waals surface area contributed by atoms with Gasteiger partial charge in [-0.2, -0.15) is 0 Å². The number of urea groups is 1. The summed E-state index contributed by atoms with van der Waals surface area (Å²) >= 11 is 9.16. The molecule has 1 aliphatic rings. The van der Waals surface area contributed by atoms with Crippen molar-refractivity contribution in [1.29, 1.82) is 0 Å². The molecule has 1 aromatic rings. The van der Waals surface area contributed by atoms with Gasteiger partial charge in [0.25, 0.3) is 0 Å². The molecule has 1 unspecified atom stereocenters. The van der Waals surface area contributed by atoms with E-state index in [2.05, 4.69) is 21.2 Å². The smallest absolute Gasteiger partial charge is 0.326 e. The third-order valence-electron chi connectivity index (χ3n) is 2.97. The summed E-state index contributed by atoms with van der Waals surface area (Å²) in [5.41, 5.74) is 0.522. The zero-order valence-electron chi connectivity index (χ0n) is 9.90. The van der Waals surface area contributed by atoms with Gasteiger partial charge in [-0.05, 0) is 47.0 Å². The molecule has 102 valence electrons. The molecule has 1 heterocycles. The number of carboxylic acids is 1. The monoisotopic (exact) mass is 346 g/mol. The lowest BCUT2D eigenvalue weighted by Crippen LogP contribution is -2.42. The lowest BCUT2D eigenvalue weighted by Gasteiger charge is -2.22. The van der Waals surface area contributed by atoms with Crippen LogP contribution >= 0.6 is 27.5 Å². The standard InChI is InChI=1S/C12H12BrClN2O3/c13-8-4-3-7(14)6-9(8)15-12(19)16-5-1-2-10(16)11(17)18/h3-4,6,10H,1-2,5H2,(H,15,19)(H,17,18). The molecule has 0 aliphatic carbocycles. The van der Waals surface area contributed by atoms with Crippen LogP contribution in [0.15, 0.2) is 22.7 Å². The Hall–Kier alpha value is -1.27. The topological polar surface area (TPSA) is 69.6 Å². The lowest BCUT2D eigenvalue weighted by molar-refractivity contribution is -0.141. The van der Waals surface area contributed by atoms with Crippen LogP contribution in [-0.4, -0.2) is 34.6 Å². The Morgan fingerprint density at radius 2 is 2.21 bits per heavy atom. The molecule has 1 aromatic carbocycles. The molecule has 5 nitrogen and oxygen atoms in total. The van der Waals surface area contributed by atoms with E-state index in [1.165, 1.54) is 4.90 Å². The van der Waals surface area contributed by atoms with Crippen LogP contribution in [0.1, 0.15) is 12.8 Å². The van der Waals surface area contributed by atoms with Crippen molar-refractivity contribution in [2.45, 2.75) is 18.9 Å². The molecule has 1 aliphatic heterocycles. The number of anilines is 1. The highest BCUT2D eigenvalue weighted by Gasteiger charge is 2.34. The number of carbonyl (C=O) groups excluding carboxylic acids is 1. The van der Waals surface area contributed by atoms with E-state index >= 15 is 0 Å². The van der Waals surface area contributed by atoms with E-state index < -0.39 is 18.0 Å². The number of likely N-dealkylation sites (tertiary alicyclic amines) is 1. The minimum Gasteiger partial charge on any atom is -0.480 e. The fraction of sp³-hybridized carbons (Fsp3) is 0.333. The SMILES string of the molecule is O=C(O)C1CCCN1C(=O)Nc1cc(Cl)ccc1Br. The summed E-state index contributed by atoms with van der Waals surface area (Å²) in [5.74, 6) is -0.974. The summed E-state index contributed by atoms with van der Waals surface area (Å²) in [6.45, 7) is 0.445. The van der Waals surface area contributed by atoms with Crippen molar-refractivity contribution in [2.24, 2.45) is 0 Å². The van der Waals surface area contributed by atoms with Crippen molar-refractivity contribution < 1.29 is 14.7 Å². The number of rotatable bonds is 2. The van der Waals surface area contributed by atoms with Crippen molar-refractivity contribution in [3.63, 3.8) is 0 Å². The Kier molecular flexibility index (Phi) is 4.31.